The van der Waals surface area contributed by atoms with Crippen molar-refractivity contribution in [2.24, 2.45) is 11.8 Å². The first-order chi connectivity index (χ1) is 9.31. The Balaban J connectivity index is 0.00000147. The topological polar surface area (TPSA) is 41.1 Å². The Hall–Kier alpha value is -1.06. The van der Waals surface area contributed by atoms with Gasteiger partial charge in [-0.2, -0.15) is 0 Å². The summed E-state index contributed by atoms with van der Waals surface area (Å²) in [7, 11) is 0. The van der Waals surface area contributed by atoms with Crippen molar-refractivity contribution in [3.8, 4) is 0 Å². The van der Waals surface area contributed by atoms with E-state index in [1.54, 1.807) is 0 Å². The highest BCUT2D eigenvalue weighted by Crippen LogP contribution is 2.44. The molecule has 0 aliphatic heterocycles. The zero-order valence-corrected chi connectivity index (χ0v) is 12.5. The van der Waals surface area contributed by atoms with Crippen molar-refractivity contribution in [1.82, 2.24) is 10.6 Å². The average Bonchev–Trinajstić information content (AvgIpc) is 3.02. The highest BCUT2D eigenvalue weighted by molar-refractivity contribution is 5.85. The molecule has 0 saturated heterocycles. The Bertz CT molecular complexity index is 437. The molecule has 0 aromatic heterocycles. The molecule has 2 saturated carbocycles. The number of hydrogen-bond donors (Lipinski definition) is 2. The molecule has 0 heterocycles. The maximum atomic E-state index is 11.9. The molecule has 3 unspecified atom stereocenters. The van der Waals surface area contributed by atoms with Gasteiger partial charge >= 0.3 is 0 Å². The van der Waals surface area contributed by atoms with Crippen molar-refractivity contribution in [3.63, 3.8) is 0 Å². The molecule has 1 aromatic rings. The average molecular weight is 295 g/mol. The third kappa shape index (κ3) is 3.74. The number of nitrogens with one attached hydrogen (secondary N) is 2. The molecule has 2 N–H and O–H groups in total. The smallest absolute Gasteiger partial charge is 0.234 e. The summed E-state index contributed by atoms with van der Waals surface area (Å²) in [6.45, 7) is 1.17. The van der Waals surface area contributed by atoms with Gasteiger partial charge in [0.15, 0.2) is 0 Å². The first kappa shape index (κ1) is 15.3. The molecule has 2 aliphatic carbocycles. The molecule has 3 atom stereocenters. The summed E-state index contributed by atoms with van der Waals surface area (Å²) in [5, 5.41) is 6.40. The van der Waals surface area contributed by atoms with Gasteiger partial charge in [-0.1, -0.05) is 36.8 Å². The number of carbonyl (C=O) groups excluding carboxylic acids is 1. The minimum absolute atomic E-state index is 0. The minimum atomic E-state index is 0. The molecule has 4 heteroatoms. The van der Waals surface area contributed by atoms with Gasteiger partial charge in [-0.05, 0) is 36.7 Å². The molecule has 1 aromatic carbocycles. The summed E-state index contributed by atoms with van der Waals surface area (Å²) in [5.74, 6) is 1.78. The molecule has 2 aliphatic rings. The first-order valence-electron chi connectivity index (χ1n) is 7.35. The van der Waals surface area contributed by atoms with Gasteiger partial charge in [-0.3, -0.25) is 4.79 Å². The van der Waals surface area contributed by atoms with Crippen LogP contribution in [0.4, 0.5) is 0 Å². The third-order valence-electron chi connectivity index (χ3n) is 4.54. The van der Waals surface area contributed by atoms with Crippen LogP contribution in [-0.4, -0.2) is 18.5 Å². The van der Waals surface area contributed by atoms with Gasteiger partial charge < -0.3 is 10.6 Å². The van der Waals surface area contributed by atoms with Crippen molar-refractivity contribution in [2.75, 3.05) is 6.54 Å². The Morgan fingerprint density at radius 3 is 2.60 bits per heavy atom. The number of rotatable bonds is 5. The predicted molar refractivity (Wildman–Crippen MR) is 82.8 cm³/mol. The van der Waals surface area contributed by atoms with Crippen molar-refractivity contribution in [2.45, 2.75) is 38.3 Å². The van der Waals surface area contributed by atoms with Gasteiger partial charge in [0.1, 0.15) is 0 Å². The summed E-state index contributed by atoms with van der Waals surface area (Å²) in [4.78, 5) is 11.9. The molecule has 3 nitrogen and oxygen atoms in total. The number of amides is 1. The van der Waals surface area contributed by atoms with Crippen LogP contribution in [0.2, 0.25) is 0 Å². The largest absolute Gasteiger partial charge is 0.352 e. The van der Waals surface area contributed by atoms with Crippen LogP contribution in [0.1, 0.15) is 31.2 Å². The van der Waals surface area contributed by atoms with Crippen LogP contribution in [0.3, 0.4) is 0 Å². The van der Waals surface area contributed by atoms with E-state index in [2.05, 4.69) is 22.8 Å². The zero-order valence-electron chi connectivity index (χ0n) is 11.7. The molecule has 2 bridgehead atoms. The van der Waals surface area contributed by atoms with E-state index >= 15 is 0 Å². The van der Waals surface area contributed by atoms with Crippen molar-refractivity contribution in [3.05, 3.63) is 35.9 Å². The monoisotopic (exact) mass is 294 g/mol. The number of benzene rings is 1. The fraction of sp³-hybridized carbons (Fsp3) is 0.562. The SMILES string of the molecule is Cl.O=C(CNCc1ccccc1)NC1CC2CCC1C2. The summed E-state index contributed by atoms with van der Waals surface area (Å²) >= 11 is 0. The quantitative estimate of drug-likeness (QED) is 0.876. The Morgan fingerprint density at radius 1 is 1.15 bits per heavy atom. The van der Waals surface area contributed by atoms with E-state index < -0.39 is 0 Å². The second-order valence-corrected chi connectivity index (χ2v) is 5.94. The maximum Gasteiger partial charge on any atom is 0.234 e. The van der Waals surface area contributed by atoms with Crippen LogP contribution in [0.25, 0.3) is 0 Å². The lowest BCUT2D eigenvalue weighted by Crippen LogP contribution is -2.42. The van der Waals surface area contributed by atoms with Crippen LogP contribution in [0.5, 0.6) is 0 Å². The number of hydrogen-bond acceptors (Lipinski definition) is 2. The fourth-order valence-corrected chi connectivity index (χ4v) is 3.60. The lowest BCUT2D eigenvalue weighted by Gasteiger charge is -2.22. The second kappa shape index (κ2) is 7.09. The van der Waals surface area contributed by atoms with E-state index in [0.717, 1.165) is 18.4 Å². The van der Waals surface area contributed by atoms with Crippen LogP contribution >= 0.6 is 12.4 Å². The van der Waals surface area contributed by atoms with E-state index in [9.17, 15) is 4.79 Å². The highest BCUT2D eigenvalue weighted by Gasteiger charge is 2.39. The van der Waals surface area contributed by atoms with Gasteiger partial charge in [0.2, 0.25) is 5.91 Å². The normalized spacial score (nSPS) is 27.1. The number of halogens is 1. The van der Waals surface area contributed by atoms with Crippen molar-refractivity contribution in [1.29, 1.82) is 0 Å². The van der Waals surface area contributed by atoms with Crippen LogP contribution < -0.4 is 10.6 Å². The van der Waals surface area contributed by atoms with Crippen molar-refractivity contribution >= 4 is 18.3 Å². The fourth-order valence-electron chi connectivity index (χ4n) is 3.60. The maximum absolute atomic E-state index is 11.9. The lowest BCUT2D eigenvalue weighted by atomic mass is 9.95. The van der Waals surface area contributed by atoms with Gasteiger partial charge in [0, 0.05) is 12.6 Å². The first-order valence-corrected chi connectivity index (χ1v) is 7.35. The van der Waals surface area contributed by atoms with E-state index in [-0.39, 0.29) is 18.3 Å². The second-order valence-electron chi connectivity index (χ2n) is 5.94. The van der Waals surface area contributed by atoms with E-state index in [0.29, 0.717) is 12.6 Å². The van der Waals surface area contributed by atoms with Crippen molar-refractivity contribution < 1.29 is 4.79 Å². The minimum Gasteiger partial charge on any atom is -0.352 e. The van der Waals surface area contributed by atoms with Gasteiger partial charge in [0.25, 0.3) is 0 Å². The molecular formula is C16H23ClN2O. The van der Waals surface area contributed by atoms with Crippen LogP contribution in [-0.2, 0) is 11.3 Å². The summed E-state index contributed by atoms with van der Waals surface area (Å²) < 4.78 is 0. The molecule has 110 valence electrons. The lowest BCUT2D eigenvalue weighted by molar-refractivity contribution is -0.121. The number of carbonyl (C=O) groups is 1. The molecule has 1 amide bonds. The Labute approximate surface area is 126 Å². The zero-order chi connectivity index (χ0) is 13.1. The third-order valence-corrected chi connectivity index (χ3v) is 4.54. The Morgan fingerprint density at radius 2 is 1.95 bits per heavy atom. The van der Waals surface area contributed by atoms with Gasteiger partial charge in [0.05, 0.1) is 6.54 Å². The molecule has 0 radical (unpaired) electrons. The molecule has 3 rings (SSSR count). The molecule has 0 spiro atoms. The summed E-state index contributed by atoms with van der Waals surface area (Å²) in [5.41, 5.74) is 1.22. The highest BCUT2D eigenvalue weighted by atomic mass is 35.5. The molecule has 2 fully saturated rings. The van der Waals surface area contributed by atoms with Gasteiger partial charge in [-0.25, -0.2) is 0 Å². The summed E-state index contributed by atoms with van der Waals surface area (Å²) in [6.07, 6.45) is 5.23. The number of fused-ring (bicyclic) bond motifs is 2. The van der Waals surface area contributed by atoms with E-state index in [1.165, 1.54) is 31.2 Å². The van der Waals surface area contributed by atoms with Crippen LogP contribution in [0, 0.1) is 11.8 Å². The summed E-state index contributed by atoms with van der Waals surface area (Å²) in [6, 6.07) is 10.6. The standard InChI is InChI=1S/C16H22N2O.ClH/c19-16(11-17-10-12-4-2-1-3-5-12)18-15-9-13-6-7-14(15)8-13;/h1-5,13-15,17H,6-11H2,(H,18,19);1H. The Kier molecular flexibility index (Phi) is 5.44. The molecule has 20 heavy (non-hydrogen) atoms. The van der Waals surface area contributed by atoms with E-state index in [4.69, 9.17) is 0 Å². The molecular weight excluding hydrogens is 272 g/mol. The predicted octanol–water partition coefficient (Wildman–Crippen LogP) is 2.50. The van der Waals surface area contributed by atoms with Crippen LogP contribution in [0.15, 0.2) is 30.3 Å². The van der Waals surface area contributed by atoms with Gasteiger partial charge in [-0.15, -0.1) is 12.4 Å². The van der Waals surface area contributed by atoms with E-state index in [1.807, 2.05) is 18.2 Å².